The van der Waals surface area contributed by atoms with Gasteiger partial charge in [-0.2, -0.15) is 5.10 Å². The van der Waals surface area contributed by atoms with E-state index >= 15 is 0 Å². The Balaban J connectivity index is 1.79. The van der Waals surface area contributed by atoms with Crippen LogP contribution in [0.5, 0.6) is 5.75 Å². The summed E-state index contributed by atoms with van der Waals surface area (Å²) in [5, 5.41) is 4.50. The fraction of sp³-hybridized carbons (Fsp3) is 0.111. The number of fused-ring (bicyclic) bond motifs is 1. The maximum Gasteiger partial charge on any atom is 0.159 e. The van der Waals surface area contributed by atoms with Crippen molar-refractivity contribution in [3.05, 3.63) is 72.6 Å². The molecule has 0 saturated heterocycles. The molecule has 4 heterocycles. The summed E-state index contributed by atoms with van der Waals surface area (Å²) in [6.45, 7) is 0. The minimum absolute atomic E-state index is 0.608. The highest BCUT2D eigenvalue weighted by atomic mass is 16.5. The second kappa shape index (κ2) is 6.08. The molecule has 0 saturated carbocycles. The van der Waals surface area contributed by atoms with Gasteiger partial charge in [0.05, 0.1) is 24.7 Å². The molecule has 0 aromatic carbocycles. The Morgan fingerprint density at radius 1 is 1.00 bits per heavy atom. The lowest BCUT2D eigenvalue weighted by molar-refractivity contribution is 0.408. The number of aromatic nitrogens is 5. The molecule has 6 nitrogen and oxygen atoms in total. The van der Waals surface area contributed by atoms with Crippen LogP contribution in [0.4, 0.5) is 0 Å². The summed E-state index contributed by atoms with van der Waals surface area (Å²) in [5.41, 5.74) is 4.62. The largest absolute Gasteiger partial charge is 0.495 e. The van der Waals surface area contributed by atoms with Gasteiger partial charge in [0.25, 0.3) is 0 Å². The molecule has 0 spiro atoms. The number of rotatable bonds is 4. The molecule has 0 aliphatic carbocycles. The predicted molar refractivity (Wildman–Crippen MR) is 89.8 cm³/mol. The molecule has 0 radical (unpaired) electrons. The SMILES string of the molecule is COc1cccnc1Cc1cnn2c(-c3cccnc3)ccnc12. The minimum Gasteiger partial charge on any atom is -0.495 e. The lowest BCUT2D eigenvalue weighted by Crippen LogP contribution is -1.99. The molecule has 0 unspecified atom stereocenters. The van der Waals surface area contributed by atoms with Crippen molar-refractivity contribution in [1.82, 2.24) is 24.6 Å². The van der Waals surface area contributed by atoms with Crippen molar-refractivity contribution in [2.45, 2.75) is 6.42 Å². The number of pyridine rings is 2. The van der Waals surface area contributed by atoms with Crippen molar-refractivity contribution in [3.63, 3.8) is 0 Å². The Bertz CT molecular complexity index is 981. The molecule has 0 atom stereocenters. The summed E-state index contributed by atoms with van der Waals surface area (Å²) in [7, 11) is 1.65. The lowest BCUT2D eigenvalue weighted by Gasteiger charge is -2.06. The highest BCUT2D eigenvalue weighted by Gasteiger charge is 2.13. The van der Waals surface area contributed by atoms with E-state index in [0.717, 1.165) is 33.9 Å². The minimum atomic E-state index is 0.608. The van der Waals surface area contributed by atoms with E-state index in [1.807, 2.05) is 47.2 Å². The number of hydrogen-bond donors (Lipinski definition) is 0. The number of nitrogens with zero attached hydrogens (tertiary/aromatic N) is 5. The Kier molecular flexibility index (Phi) is 3.63. The molecule has 0 fully saturated rings. The maximum atomic E-state index is 5.38. The normalized spacial score (nSPS) is 10.9. The Labute approximate surface area is 138 Å². The number of hydrogen-bond acceptors (Lipinski definition) is 5. The van der Waals surface area contributed by atoms with Crippen molar-refractivity contribution in [3.8, 4) is 17.0 Å². The molecule has 24 heavy (non-hydrogen) atoms. The van der Waals surface area contributed by atoms with Crippen LogP contribution in [0.2, 0.25) is 0 Å². The van der Waals surface area contributed by atoms with Crippen LogP contribution in [0.3, 0.4) is 0 Å². The average molecular weight is 317 g/mol. The molecule has 0 amide bonds. The molecule has 0 aliphatic heterocycles. The zero-order chi connectivity index (χ0) is 16.4. The number of methoxy groups -OCH3 is 1. The Morgan fingerprint density at radius 2 is 1.92 bits per heavy atom. The van der Waals surface area contributed by atoms with Crippen LogP contribution in [0.15, 0.2) is 61.3 Å². The van der Waals surface area contributed by atoms with Crippen LogP contribution >= 0.6 is 0 Å². The van der Waals surface area contributed by atoms with E-state index in [4.69, 9.17) is 4.74 Å². The first kappa shape index (κ1) is 14.3. The van der Waals surface area contributed by atoms with E-state index < -0.39 is 0 Å². The molecule has 4 rings (SSSR count). The first-order valence-electron chi connectivity index (χ1n) is 7.56. The summed E-state index contributed by atoms with van der Waals surface area (Å²) in [5.74, 6) is 0.764. The van der Waals surface area contributed by atoms with Crippen molar-refractivity contribution < 1.29 is 4.74 Å². The topological polar surface area (TPSA) is 65.2 Å². The predicted octanol–water partition coefficient (Wildman–Crippen LogP) is 2.79. The van der Waals surface area contributed by atoms with Crippen molar-refractivity contribution >= 4 is 5.65 Å². The fourth-order valence-electron chi connectivity index (χ4n) is 2.72. The second-order valence-electron chi connectivity index (χ2n) is 5.31. The highest BCUT2D eigenvalue weighted by Crippen LogP contribution is 2.23. The first-order valence-corrected chi connectivity index (χ1v) is 7.56. The van der Waals surface area contributed by atoms with Gasteiger partial charge in [0.2, 0.25) is 0 Å². The number of ether oxygens (including phenoxy) is 1. The smallest absolute Gasteiger partial charge is 0.159 e. The van der Waals surface area contributed by atoms with Crippen LogP contribution < -0.4 is 4.74 Å². The van der Waals surface area contributed by atoms with E-state index in [-0.39, 0.29) is 0 Å². The van der Waals surface area contributed by atoms with E-state index in [9.17, 15) is 0 Å². The van der Waals surface area contributed by atoms with Crippen LogP contribution in [0, 0.1) is 0 Å². The molecule has 0 N–H and O–H groups in total. The summed E-state index contributed by atoms with van der Waals surface area (Å²) >= 11 is 0. The van der Waals surface area contributed by atoms with Gasteiger partial charge in [-0.3, -0.25) is 9.97 Å². The van der Waals surface area contributed by atoms with Crippen LogP contribution in [-0.4, -0.2) is 31.7 Å². The van der Waals surface area contributed by atoms with Crippen molar-refractivity contribution in [1.29, 1.82) is 0 Å². The molecule has 0 bridgehead atoms. The molecule has 0 aliphatic rings. The standard InChI is InChI=1S/C18H15N5O/c1-24-17-5-3-8-20-15(17)10-14-12-22-23-16(6-9-21-18(14)23)13-4-2-7-19-11-13/h2-9,11-12H,10H2,1H3. The molecule has 4 aromatic rings. The Morgan fingerprint density at radius 3 is 2.75 bits per heavy atom. The molecule has 4 aromatic heterocycles. The monoisotopic (exact) mass is 317 g/mol. The lowest BCUT2D eigenvalue weighted by atomic mass is 10.1. The van der Waals surface area contributed by atoms with Gasteiger partial charge in [-0.15, -0.1) is 0 Å². The Hall–Kier alpha value is -3.28. The van der Waals surface area contributed by atoms with Crippen LogP contribution in [0.25, 0.3) is 16.9 Å². The molecule has 6 heteroatoms. The van der Waals surface area contributed by atoms with E-state index in [1.165, 1.54) is 0 Å². The van der Waals surface area contributed by atoms with Crippen LogP contribution in [0.1, 0.15) is 11.3 Å². The maximum absolute atomic E-state index is 5.38. The second-order valence-corrected chi connectivity index (χ2v) is 5.31. The van der Waals surface area contributed by atoms with Gasteiger partial charge in [0, 0.05) is 42.3 Å². The van der Waals surface area contributed by atoms with Crippen molar-refractivity contribution in [2.75, 3.05) is 7.11 Å². The molecular formula is C18H15N5O. The molecule has 118 valence electrons. The summed E-state index contributed by atoms with van der Waals surface area (Å²) in [6.07, 6.45) is 9.56. The summed E-state index contributed by atoms with van der Waals surface area (Å²) < 4.78 is 7.22. The third-order valence-electron chi connectivity index (χ3n) is 3.86. The van der Waals surface area contributed by atoms with Gasteiger partial charge in [-0.1, -0.05) is 0 Å². The van der Waals surface area contributed by atoms with Crippen molar-refractivity contribution in [2.24, 2.45) is 0 Å². The van der Waals surface area contributed by atoms with E-state index in [2.05, 4.69) is 20.1 Å². The van der Waals surface area contributed by atoms with Gasteiger partial charge in [-0.25, -0.2) is 9.50 Å². The zero-order valence-electron chi connectivity index (χ0n) is 13.1. The summed E-state index contributed by atoms with van der Waals surface area (Å²) in [6, 6.07) is 9.61. The van der Waals surface area contributed by atoms with Crippen LogP contribution in [-0.2, 0) is 6.42 Å². The summed E-state index contributed by atoms with van der Waals surface area (Å²) in [4.78, 5) is 13.1. The van der Waals surface area contributed by atoms with E-state index in [0.29, 0.717) is 6.42 Å². The van der Waals surface area contributed by atoms with Gasteiger partial charge in [-0.05, 0) is 30.3 Å². The van der Waals surface area contributed by atoms with Gasteiger partial charge < -0.3 is 4.74 Å². The fourth-order valence-corrected chi connectivity index (χ4v) is 2.72. The van der Waals surface area contributed by atoms with Gasteiger partial charge in [0.15, 0.2) is 5.65 Å². The molecular weight excluding hydrogens is 302 g/mol. The highest BCUT2D eigenvalue weighted by molar-refractivity contribution is 5.63. The van der Waals surface area contributed by atoms with E-state index in [1.54, 1.807) is 25.7 Å². The third-order valence-corrected chi connectivity index (χ3v) is 3.86. The zero-order valence-corrected chi connectivity index (χ0v) is 13.1. The third kappa shape index (κ3) is 2.48. The average Bonchev–Trinajstić information content (AvgIpc) is 3.06. The van der Waals surface area contributed by atoms with Gasteiger partial charge in [0.1, 0.15) is 5.75 Å². The van der Waals surface area contributed by atoms with Gasteiger partial charge >= 0.3 is 0 Å². The first-order chi connectivity index (χ1) is 11.9. The quantitative estimate of drug-likeness (QED) is 0.579.